The van der Waals surface area contributed by atoms with Crippen LogP contribution in [0.3, 0.4) is 0 Å². The molecule has 2 unspecified atom stereocenters. The summed E-state index contributed by atoms with van der Waals surface area (Å²) in [5, 5.41) is 36.5. The van der Waals surface area contributed by atoms with Crippen molar-refractivity contribution < 1.29 is 38.0 Å². The van der Waals surface area contributed by atoms with Crippen LogP contribution in [0.5, 0.6) is 0 Å². The molecule has 1 aromatic carbocycles. The fourth-order valence-electron chi connectivity index (χ4n) is 6.56. The lowest BCUT2D eigenvalue weighted by Crippen LogP contribution is -2.41. The van der Waals surface area contributed by atoms with Crippen molar-refractivity contribution in [3.8, 4) is 6.07 Å². The van der Waals surface area contributed by atoms with Crippen LogP contribution in [0, 0.1) is 11.3 Å². The van der Waals surface area contributed by atoms with Gasteiger partial charge in [-0.25, -0.2) is 9.50 Å². The highest BCUT2D eigenvalue weighted by atomic mass is 31.2. The Balaban J connectivity index is 1.15. The van der Waals surface area contributed by atoms with E-state index in [2.05, 4.69) is 17.0 Å². The van der Waals surface area contributed by atoms with Gasteiger partial charge in [-0.2, -0.15) is 10.4 Å². The third-order valence-corrected chi connectivity index (χ3v) is 11.7. The van der Waals surface area contributed by atoms with Crippen molar-refractivity contribution in [2.75, 3.05) is 38.5 Å². The van der Waals surface area contributed by atoms with Crippen molar-refractivity contribution in [1.82, 2.24) is 14.6 Å². The average molecular weight is 758 g/mol. The van der Waals surface area contributed by atoms with Crippen LogP contribution in [0.1, 0.15) is 114 Å². The minimum atomic E-state index is -3.66. The molecular formula is C39H60N5O8P. The van der Waals surface area contributed by atoms with Crippen LogP contribution in [0.15, 0.2) is 48.8 Å². The second-order valence-corrected chi connectivity index (χ2v) is 16.1. The van der Waals surface area contributed by atoms with Crippen LogP contribution in [-0.4, -0.2) is 75.9 Å². The predicted molar refractivity (Wildman–Crippen MR) is 203 cm³/mol. The molecule has 4 N–H and O–H groups in total. The van der Waals surface area contributed by atoms with E-state index in [-0.39, 0.29) is 30.9 Å². The molecule has 2 aromatic heterocycles. The molecule has 0 radical (unpaired) electrons. The molecule has 1 aliphatic heterocycles. The van der Waals surface area contributed by atoms with Gasteiger partial charge in [0.15, 0.2) is 5.82 Å². The van der Waals surface area contributed by atoms with Crippen molar-refractivity contribution in [2.24, 2.45) is 0 Å². The van der Waals surface area contributed by atoms with Gasteiger partial charge < -0.3 is 39.2 Å². The minimum Gasteiger partial charge on any atom is -0.387 e. The summed E-state index contributed by atoms with van der Waals surface area (Å²) >= 11 is 0. The predicted octanol–water partition coefficient (Wildman–Crippen LogP) is 7.44. The molecule has 0 amide bonds. The maximum absolute atomic E-state index is 14.0. The van der Waals surface area contributed by atoms with E-state index in [4.69, 9.17) is 29.0 Å². The summed E-state index contributed by atoms with van der Waals surface area (Å²) in [5.41, 5.74) is 5.40. The van der Waals surface area contributed by atoms with E-state index in [9.17, 15) is 20.0 Å². The monoisotopic (exact) mass is 757 g/mol. The molecule has 1 fully saturated rings. The van der Waals surface area contributed by atoms with Crippen molar-refractivity contribution >= 4 is 18.9 Å². The molecular weight excluding hydrogens is 697 g/mol. The SMILES string of the molecule is CCCCCCCCCCOCOCCCCCCCCCP(=O)(OCc1ccccc1)OC[C@H]1O[C@@](C#N)(c2ccc3c(N)ncnn23)C(O)[C@H]1O. The fraction of sp³-hybridized carbons (Fsp3) is 0.667. The molecule has 14 heteroatoms. The quantitative estimate of drug-likeness (QED) is 0.0379. The Labute approximate surface area is 314 Å². The molecule has 0 bridgehead atoms. The summed E-state index contributed by atoms with van der Waals surface area (Å²) in [6.07, 6.45) is 14.1. The average Bonchev–Trinajstić information content (AvgIpc) is 3.72. The van der Waals surface area contributed by atoms with E-state index in [1.54, 1.807) is 12.1 Å². The molecule has 3 heterocycles. The standard InChI is InChI=1S/C39H60N5O8P/c1-2-3-4-5-6-8-11-17-24-48-31-49-25-18-12-9-7-10-13-19-26-53(47,50-27-32-20-15-14-16-21-32)51-28-34-36(45)37(46)39(29-40,52-34)35-23-22-33-38(41)42-30-43-44(33)35/h14-16,20-23,30,34,36-37,45-46H,2-13,17-19,24-28,31H2,1H3,(H2,41,42,43)/t34-,36+,37?,39+,53?/m1/s1. The maximum Gasteiger partial charge on any atom is 0.331 e. The Morgan fingerprint density at radius 3 is 2.15 bits per heavy atom. The van der Waals surface area contributed by atoms with Crippen LogP contribution < -0.4 is 5.73 Å². The Bertz CT molecular complexity index is 1560. The number of nitrogen functional groups attached to an aromatic ring is 1. The molecule has 1 aliphatic rings. The summed E-state index contributed by atoms with van der Waals surface area (Å²) < 4.78 is 44.4. The van der Waals surface area contributed by atoms with E-state index in [0.29, 0.717) is 25.3 Å². The van der Waals surface area contributed by atoms with Gasteiger partial charge >= 0.3 is 7.60 Å². The van der Waals surface area contributed by atoms with E-state index < -0.39 is 31.5 Å². The number of unbranched alkanes of at least 4 members (excludes halogenated alkanes) is 13. The zero-order valence-corrected chi connectivity index (χ0v) is 32.3. The molecule has 294 valence electrons. The van der Waals surface area contributed by atoms with Crippen molar-refractivity contribution in [2.45, 2.75) is 134 Å². The number of nitriles is 1. The van der Waals surface area contributed by atoms with E-state index in [0.717, 1.165) is 57.1 Å². The van der Waals surface area contributed by atoms with E-state index >= 15 is 0 Å². The highest BCUT2D eigenvalue weighted by Crippen LogP contribution is 2.51. The Morgan fingerprint density at radius 2 is 1.51 bits per heavy atom. The lowest BCUT2D eigenvalue weighted by atomic mass is 9.92. The summed E-state index contributed by atoms with van der Waals surface area (Å²) in [6, 6.07) is 14.5. The molecule has 4 rings (SSSR count). The smallest absolute Gasteiger partial charge is 0.331 e. The summed E-state index contributed by atoms with van der Waals surface area (Å²) in [4.78, 5) is 3.96. The summed E-state index contributed by atoms with van der Waals surface area (Å²) in [5.74, 6) is 0.180. The number of nitrogens with zero attached hydrogens (tertiary/aromatic N) is 4. The zero-order chi connectivity index (χ0) is 37.8. The third kappa shape index (κ3) is 13.1. The molecule has 1 saturated heterocycles. The Morgan fingerprint density at radius 1 is 0.887 bits per heavy atom. The highest BCUT2D eigenvalue weighted by molar-refractivity contribution is 7.53. The highest BCUT2D eigenvalue weighted by Gasteiger charge is 2.58. The lowest BCUT2D eigenvalue weighted by molar-refractivity contribution is -0.0625. The second-order valence-electron chi connectivity index (χ2n) is 13.9. The van der Waals surface area contributed by atoms with Crippen molar-refractivity contribution in [3.05, 3.63) is 60.0 Å². The Hall–Kier alpha value is -2.92. The van der Waals surface area contributed by atoms with Gasteiger partial charge in [0, 0.05) is 13.2 Å². The number of benzene rings is 1. The molecule has 0 spiro atoms. The number of aromatic nitrogens is 3. The lowest BCUT2D eigenvalue weighted by Gasteiger charge is -2.24. The first-order chi connectivity index (χ1) is 25.8. The van der Waals surface area contributed by atoms with Crippen LogP contribution in [0.25, 0.3) is 5.52 Å². The van der Waals surface area contributed by atoms with Crippen LogP contribution in [-0.2, 0) is 40.0 Å². The maximum atomic E-state index is 14.0. The van der Waals surface area contributed by atoms with Gasteiger partial charge in [0.2, 0.25) is 5.60 Å². The van der Waals surface area contributed by atoms with Gasteiger partial charge in [0.05, 0.1) is 25.1 Å². The molecule has 3 aromatic rings. The van der Waals surface area contributed by atoms with Gasteiger partial charge in [0.25, 0.3) is 0 Å². The fourth-order valence-corrected chi connectivity index (χ4v) is 8.22. The van der Waals surface area contributed by atoms with E-state index in [1.165, 1.54) is 55.8 Å². The minimum absolute atomic E-state index is 0.0839. The zero-order valence-electron chi connectivity index (χ0n) is 31.4. The molecule has 0 aliphatic carbocycles. The normalized spacial score (nSPS) is 21.2. The first-order valence-electron chi connectivity index (χ1n) is 19.4. The number of rotatable bonds is 28. The topological polar surface area (TPSA) is 184 Å². The van der Waals surface area contributed by atoms with Gasteiger partial charge in [-0.3, -0.25) is 4.57 Å². The molecule has 13 nitrogen and oxygen atoms in total. The number of aliphatic hydroxyl groups excluding tert-OH is 2. The number of hydrogen-bond acceptors (Lipinski definition) is 12. The van der Waals surface area contributed by atoms with Crippen molar-refractivity contribution in [3.63, 3.8) is 0 Å². The van der Waals surface area contributed by atoms with Crippen LogP contribution in [0.4, 0.5) is 5.82 Å². The number of nitrogens with two attached hydrogens (primary N) is 1. The summed E-state index contributed by atoms with van der Waals surface area (Å²) in [7, 11) is -3.66. The largest absolute Gasteiger partial charge is 0.387 e. The third-order valence-electron chi connectivity index (χ3n) is 9.72. The van der Waals surface area contributed by atoms with Gasteiger partial charge in [0.1, 0.15) is 43.0 Å². The number of hydrogen-bond donors (Lipinski definition) is 3. The van der Waals surface area contributed by atoms with Gasteiger partial charge in [-0.1, -0.05) is 114 Å². The Kier molecular flexibility index (Phi) is 18.7. The van der Waals surface area contributed by atoms with Crippen LogP contribution >= 0.6 is 7.60 Å². The number of ether oxygens (including phenoxy) is 3. The van der Waals surface area contributed by atoms with Gasteiger partial charge in [-0.15, -0.1) is 0 Å². The second kappa shape index (κ2) is 23.1. The summed E-state index contributed by atoms with van der Waals surface area (Å²) in [6.45, 7) is 3.81. The molecule has 0 saturated carbocycles. The first kappa shape index (κ1) is 42.8. The molecule has 53 heavy (non-hydrogen) atoms. The van der Waals surface area contributed by atoms with Crippen LogP contribution in [0.2, 0.25) is 0 Å². The number of aliphatic hydroxyl groups is 2. The number of fused-ring (bicyclic) bond motifs is 1. The van der Waals surface area contributed by atoms with Crippen molar-refractivity contribution in [1.29, 1.82) is 5.26 Å². The van der Waals surface area contributed by atoms with E-state index in [1.807, 2.05) is 36.4 Å². The molecule has 5 atom stereocenters. The van der Waals surface area contributed by atoms with Gasteiger partial charge in [-0.05, 0) is 37.0 Å². The number of anilines is 1. The first-order valence-corrected chi connectivity index (χ1v) is 21.2.